The molecule has 2 atom stereocenters. The predicted molar refractivity (Wildman–Crippen MR) is 286 cm³/mol. The highest BCUT2D eigenvalue weighted by Crippen LogP contribution is 2.58. The number of pyridine rings is 4. The summed E-state index contributed by atoms with van der Waals surface area (Å²) in [6, 6.07) is 58.3. The van der Waals surface area contributed by atoms with Crippen molar-refractivity contribution in [2.24, 2.45) is 0 Å². The van der Waals surface area contributed by atoms with Gasteiger partial charge in [-0.25, -0.2) is 0 Å². The monoisotopic (exact) mass is 930 g/mol. The average molecular weight is 931 g/mol. The Morgan fingerprint density at radius 1 is 0.431 bits per heavy atom. The highest BCUT2D eigenvalue weighted by Gasteiger charge is 2.50. The van der Waals surface area contributed by atoms with Gasteiger partial charge in [-0.05, 0) is 149 Å². The maximum atomic E-state index is 10.3. The standard InChI is InChI=1S/C64H46N6O2/c1-4-69-55-23-13-39-29-47(55)49-32-44(18-24-57(49)69)63(42-14-10-37(36-71)11-15-42)51-8-6-26-65-59(51)61-53(63)30-40(34-67-61)38-12-22-56-48(28-38)50-33-45(19-25-58(50)70(56)5-2)64(43-16-20-46(72-3)21-17-43)52-9-7-27-66-60(52)62-54(64)31-41(39)35-68-62/h6-35,71H,4-5,36H2,1-3H3/t63-,64-/m0/s1. The predicted octanol–water partition coefficient (Wildman–Crippen LogP) is 13.4. The number of nitrogens with zero attached hydrogens (tertiary/aromatic N) is 6. The molecule has 6 aromatic heterocycles. The first-order chi connectivity index (χ1) is 35.5. The Hall–Kier alpha value is -8.72. The van der Waals surface area contributed by atoms with Crippen molar-refractivity contribution in [3.8, 4) is 50.8 Å². The number of aliphatic hydroxyl groups is 1. The third-order valence-electron chi connectivity index (χ3n) is 16.4. The molecular weight excluding hydrogens is 885 g/mol. The Morgan fingerprint density at radius 3 is 1.29 bits per heavy atom. The van der Waals surface area contributed by atoms with Gasteiger partial charge in [0, 0.05) is 104 Å². The molecule has 0 saturated carbocycles. The molecule has 1 N–H and O–H groups in total. The fourth-order valence-corrected chi connectivity index (χ4v) is 13.3. The molecule has 0 radical (unpaired) electrons. The van der Waals surface area contributed by atoms with Gasteiger partial charge in [-0.1, -0.05) is 72.8 Å². The van der Waals surface area contributed by atoms with Gasteiger partial charge in [-0.3, -0.25) is 19.9 Å². The summed E-state index contributed by atoms with van der Waals surface area (Å²) in [5, 5.41) is 15.0. The average Bonchev–Trinajstić information content (AvgIpc) is 4.14. The number of benzene rings is 6. The molecule has 8 heteroatoms. The normalized spacial score (nSPS) is 16.9. The van der Waals surface area contributed by atoms with Crippen LogP contribution in [0.1, 0.15) is 63.9 Å². The molecule has 0 fully saturated rings. The largest absolute Gasteiger partial charge is 0.497 e. The number of hydrogen-bond acceptors (Lipinski definition) is 6. The summed E-state index contributed by atoms with van der Waals surface area (Å²) < 4.78 is 10.6. The summed E-state index contributed by atoms with van der Waals surface area (Å²) in [5.41, 5.74) is 20.5. The molecule has 72 heavy (non-hydrogen) atoms. The summed E-state index contributed by atoms with van der Waals surface area (Å²) in [6.07, 6.45) is 7.83. The van der Waals surface area contributed by atoms with Crippen LogP contribution in [0, 0.1) is 0 Å². The van der Waals surface area contributed by atoms with Crippen molar-refractivity contribution < 1.29 is 9.84 Å². The SMILES string of the molecule is CCn1c2ccc3cc2c2cc(ccc21)[C@@]1(c2ccc(OC)cc2)c2cccnc2-c2ncc(cc21)-c1ccc2c(c1)c1cc(ccc1n2CC)[C@@]1(c2ccc(CO)cc2)c2cccnc2-c2ncc-3cc21. The smallest absolute Gasteiger partial charge is 0.118 e. The van der Waals surface area contributed by atoms with Gasteiger partial charge in [0.15, 0.2) is 0 Å². The third-order valence-corrected chi connectivity index (χ3v) is 16.4. The van der Waals surface area contributed by atoms with E-state index in [0.717, 1.165) is 114 Å². The zero-order chi connectivity index (χ0) is 48.0. The Bertz CT molecular complexity index is 4010. The van der Waals surface area contributed by atoms with E-state index >= 15 is 0 Å². The van der Waals surface area contributed by atoms with Crippen molar-refractivity contribution >= 4 is 43.6 Å². The zero-order valence-electron chi connectivity index (χ0n) is 40.0. The van der Waals surface area contributed by atoms with Gasteiger partial charge in [0.1, 0.15) is 5.75 Å². The molecule has 6 aromatic carbocycles. The molecule has 8 nitrogen and oxygen atoms in total. The first-order valence-corrected chi connectivity index (χ1v) is 24.9. The van der Waals surface area contributed by atoms with Gasteiger partial charge in [0.05, 0.1) is 47.3 Å². The van der Waals surface area contributed by atoms with Crippen LogP contribution in [0.15, 0.2) is 183 Å². The lowest BCUT2D eigenvalue weighted by Crippen LogP contribution is -2.29. The van der Waals surface area contributed by atoms with Crippen LogP contribution >= 0.6 is 0 Å². The maximum absolute atomic E-state index is 10.3. The molecule has 15 rings (SSSR count). The second-order valence-corrected chi connectivity index (χ2v) is 19.5. The molecule has 3 aliphatic rings. The molecule has 0 saturated heterocycles. The highest BCUT2D eigenvalue weighted by atomic mass is 16.5. The molecule has 6 heterocycles. The van der Waals surface area contributed by atoms with Gasteiger partial charge in [-0.2, -0.15) is 0 Å². The van der Waals surface area contributed by atoms with E-state index in [0.29, 0.717) is 0 Å². The highest BCUT2D eigenvalue weighted by molar-refractivity contribution is 6.11. The van der Waals surface area contributed by atoms with Crippen LogP contribution in [-0.2, 0) is 30.5 Å². The maximum Gasteiger partial charge on any atom is 0.118 e. The minimum Gasteiger partial charge on any atom is -0.497 e. The van der Waals surface area contributed by atoms with E-state index in [9.17, 15) is 5.11 Å². The fraction of sp³-hybridized carbons (Fsp3) is 0.125. The molecule has 0 unspecified atom stereocenters. The van der Waals surface area contributed by atoms with Crippen molar-refractivity contribution in [3.05, 3.63) is 233 Å². The lowest BCUT2D eigenvalue weighted by molar-refractivity contribution is 0.282. The minimum atomic E-state index is -0.793. The van der Waals surface area contributed by atoms with Crippen LogP contribution in [0.3, 0.4) is 0 Å². The van der Waals surface area contributed by atoms with Gasteiger partial charge in [0.2, 0.25) is 0 Å². The van der Waals surface area contributed by atoms with E-state index in [1.807, 2.05) is 24.8 Å². The van der Waals surface area contributed by atoms with Crippen molar-refractivity contribution in [2.45, 2.75) is 44.4 Å². The number of rotatable bonds is 6. The number of aryl methyl sites for hydroxylation is 2. The molecule has 12 aromatic rings. The van der Waals surface area contributed by atoms with E-state index in [2.05, 4.69) is 181 Å². The summed E-state index contributed by atoms with van der Waals surface area (Å²) in [6.45, 7) is 6.04. The summed E-state index contributed by atoms with van der Waals surface area (Å²) in [7, 11) is 1.72. The summed E-state index contributed by atoms with van der Waals surface area (Å²) in [4.78, 5) is 21.0. The number of fused-ring (bicyclic) bond motifs is 16. The van der Waals surface area contributed by atoms with Crippen molar-refractivity contribution in [2.75, 3.05) is 7.11 Å². The Kier molecular flexibility index (Phi) is 8.51. The van der Waals surface area contributed by atoms with Gasteiger partial charge in [0.25, 0.3) is 0 Å². The fourth-order valence-electron chi connectivity index (χ4n) is 13.3. The van der Waals surface area contributed by atoms with Crippen LogP contribution in [0.4, 0.5) is 0 Å². The Morgan fingerprint density at radius 2 is 0.847 bits per heavy atom. The second kappa shape index (κ2) is 14.9. The van der Waals surface area contributed by atoms with Crippen LogP contribution in [0.2, 0.25) is 0 Å². The molecule has 3 aliphatic carbocycles. The molecule has 12 bridgehead atoms. The second-order valence-electron chi connectivity index (χ2n) is 19.5. The summed E-state index contributed by atoms with van der Waals surface area (Å²) in [5.74, 6) is 0.799. The first kappa shape index (κ1) is 41.1. The third kappa shape index (κ3) is 5.18. The van der Waals surface area contributed by atoms with E-state index in [-0.39, 0.29) is 6.61 Å². The van der Waals surface area contributed by atoms with Crippen molar-refractivity contribution in [1.82, 2.24) is 29.1 Å². The van der Waals surface area contributed by atoms with Crippen molar-refractivity contribution in [1.29, 1.82) is 0 Å². The first-order valence-electron chi connectivity index (χ1n) is 24.9. The molecular formula is C64H46N6O2. The Balaban J connectivity index is 1.11. The van der Waals surface area contributed by atoms with E-state index in [1.54, 1.807) is 7.11 Å². The zero-order valence-corrected chi connectivity index (χ0v) is 40.0. The molecule has 0 spiro atoms. The Labute approximate surface area is 415 Å². The minimum absolute atomic E-state index is 0.0387. The van der Waals surface area contributed by atoms with E-state index in [1.165, 1.54) is 43.6 Å². The number of hydrogen-bond donors (Lipinski definition) is 1. The lowest BCUT2D eigenvalue weighted by atomic mass is 9.67. The van der Waals surface area contributed by atoms with Crippen LogP contribution in [0.5, 0.6) is 5.75 Å². The molecule has 344 valence electrons. The number of aliphatic hydroxyl groups excluding tert-OH is 1. The number of ether oxygens (including phenoxy) is 1. The van der Waals surface area contributed by atoms with Gasteiger partial charge in [-0.15, -0.1) is 0 Å². The number of aromatic nitrogens is 6. The van der Waals surface area contributed by atoms with Gasteiger partial charge < -0.3 is 19.0 Å². The van der Waals surface area contributed by atoms with Crippen molar-refractivity contribution in [3.63, 3.8) is 0 Å². The number of methoxy groups -OCH3 is 1. The van der Waals surface area contributed by atoms with E-state index in [4.69, 9.17) is 24.7 Å². The van der Waals surface area contributed by atoms with E-state index < -0.39 is 10.8 Å². The van der Waals surface area contributed by atoms with Crippen LogP contribution < -0.4 is 4.74 Å². The molecule has 0 amide bonds. The lowest BCUT2D eigenvalue weighted by Gasteiger charge is -2.34. The molecule has 0 aliphatic heterocycles. The van der Waals surface area contributed by atoms with Crippen LogP contribution in [0.25, 0.3) is 88.6 Å². The van der Waals surface area contributed by atoms with Gasteiger partial charge >= 0.3 is 0 Å². The van der Waals surface area contributed by atoms with Crippen LogP contribution in [-0.4, -0.2) is 41.3 Å². The quantitative estimate of drug-likeness (QED) is 0.179. The topological polar surface area (TPSA) is 90.9 Å². The summed E-state index contributed by atoms with van der Waals surface area (Å²) >= 11 is 0.